The van der Waals surface area contributed by atoms with E-state index in [1.165, 1.54) is 57.4 Å². The summed E-state index contributed by atoms with van der Waals surface area (Å²) in [7, 11) is 1.28. The third-order valence-corrected chi connectivity index (χ3v) is 6.79. The van der Waals surface area contributed by atoms with Gasteiger partial charge in [-0.2, -0.15) is 0 Å². The number of benzene rings is 1. The fourth-order valence-electron chi connectivity index (χ4n) is 5.61. The average molecular weight is 275 g/mol. The average Bonchev–Trinajstić information content (AvgIpc) is 2.81. The Kier molecular flexibility index (Phi) is 3.12. The predicted octanol–water partition coefficient (Wildman–Crippen LogP) is 1.95. The van der Waals surface area contributed by atoms with Gasteiger partial charge in [-0.15, -0.1) is 22.8 Å². The molecule has 6 rings (SSSR count). The molecule has 0 saturated heterocycles. The summed E-state index contributed by atoms with van der Waals surface area (Å²) < 4.78 is 2.58. The Morgan fingerprint density at radius 1 is 1.00 bits per heavy atom. The Hall–Kier alpha value is -0.213. The molecule has 3 heteroatoms. The predicted molar refractivity (Wildman–Crippen MR) is 79.4 cm³/mol. The molecule has 0 radical (unpaired) electrons. The van der Waals surface area contributed by atoms with Crippen LogP contribution >= 0.6 is 8.19 Å². The van der Waals surface area contributed by atoms with E-state index in [-0.39, 0.29) is 18.9 Å². The molecule has 0 aliphatic heterocycles. The Balaban J connectivity index is 0.00000106. The van der Waals surface area contributed by atoms with Gasteiger partial charge in [0.15, 0.2) is 0 Å². The molecule has 98 valence electrons. The number of hydrogen-bond donors (Lipinski definition) is 0. The van der Waals surface area contributed by atoms with Gasteiger partial charge in [-0.1, -0.05) is 18.1 Å². The fourth-order valence-corrected chi connectivity index (χ4v) is 6.58. The third-order valence-electron chi connectivity index (χ3n) is 5.87. The second-order valence-corrected chi connectivity index (χ2v) is 8.08. The smallest absolute Gasteiger partial charge is 0.455 e. The molecule has 0 N–H and O–H groups in total. The zero-order valence-electron chi connectivity index (χ0n) is 12.2. The van der Waals surface area contributed by atoms with Crippen LogP contribution in [-0.2, 0) is 5.54 Å². The van der Waals surface area contributed by atoms with Gasteiger partial charge in [0, 0.05) is 5.54 Å². The molecule has 4 aliphatic rings. The maximum Gasteiger partial charge on any atom is 1.00 e. The monoisotopic (exact) mass is 275 g/mol. The second-order valence-electron chi connectivity index (χ2n) is 7.18. The van der Waals surface area contributed by atoms with Gasteiger partial charge in [-0.25, -0.2) is 8.19 Å². The van der Waals surface area contributed by atoms with E-state index in [0.717, 1.165) is 17.8 Å². The van der Waals surface area contributed by atoms with Crippen molar-refractivity contribution in [1.29, 1.82) is 0 Å². The number of aromatic nitrogens is 1. The number of para-hydroxylation sites is 1. The Labute approximate surface area is 134 Å². The van der Waals surface area contributed by atoms with Gasteiger partial charge in [0.05, 0.1) is 0 Å². The van der Waals surface area contributed by atoms with Gasteiger partial charge in [-0.05, 0) is 56.3 Å². The van der Waals surface area contributed by atoms with E-state index < -0.39 is 0 Å². The SMILES string of the molecule is [Li+].[c-]1pc2ccccc2n1C12CC3CC(CC(C3)C1)C2. The second kappa shape index (κ2) is 4.64. The normalized spacial score (nSPS) is 38.5. The van der Waals surface area contributed by atoms with Crippen molar-refractivity contribution in [2.24, 2.45) is 17.8 Å². The van der Waals surface area contributed by atoms with E-state index in [9.17, 15) is 0 Å². The number of rotatable bonds is 1. The molecule has 0 atom stereocenters. The molecule has 1 aromatic heterocycles. The first kappa shape index (κ1) is 13.5. The fraction of sp³-hybridized carbons (Fsp3) is 0.588. The van der Waals surface area contributed by atoms with Gasteiger partial charge < -0.3 is 4.57 Å². The van der Waals surface area contributed by atoms with Crippen molar-refractivity contribution in [3.8, 4) is 0 Å². The summed E-state index contributed by atoms with van der Waals surface area (Å²) in [6.07, 6.45) is 8.84. The van der Waals surface area contributed by atoms with E-state index in [1.807, 2.05) is 0 Å². The van der Waals surface area contributed by atoms with Gasteiger partial charge in [0.2, 0.25) is 0 Å². The minimum atomic E-state index is 0. The van der Waals surface area contributed by atoms with Crippen LogP contribution in [0.2, 0.25) is 0 Å². The van der Waals surface area contributed by atoms with Crippen LogP contribution in [0.5, 0.6) is 0 Å². The molecule has 4 saturated carbocycles. The zero-order chi connectivity index (χ0) is 12.4. The van der Waals surface area contributed by atoms with Crippen LogP contribution in [0.25, 0.3) is 10.6 Å². The minimum Gasteiger partial charge on any atom is -0.455 e. The maximum absolute atomic E-state index is 3.68. The van der Waals surface area contributed by atoms with E-state index in [0.29, 0.717) is 5.54 Å². The van der Waals surface area contributed by atoms with Gasteiger partial charge in [0.25, 0.3) is 0 Å². The Morgan fingerprint density at radius 2 is 1.60 bits per heavy atom. The molecule has 1 aromatic carbocycles. The number of fused-ring (bicyclic) bond motifs is 1. The topological polar surface area (TPSA) is 4.93 Å². The summed E-state index contributed by atoms with van der Waals surface area (Å²) >= 11 is 0. The molecular formula is C17H19LiNP. The number of hydrogen-bond acceptors (Lipinski definition) is 0. The van der Waals surface area contributed by atoms with E-state index in [1.54, 1.807) is 0 Å². The van der Waals surface area contributed by atoms with Crippen molar-refractivity contribution >= 4 is 18.8 Å². The maximum atomic E-state index is 3.68. The molecule has 1 heterocycles. The summed E-state index contributed by atoms with van der Waals surface area (Å²) in [5, 5.41) is 1.46. The minimum absolute atomic E-state index is 0. The Morgan fingerprint density at radius 3 is 2.25 bits per heavy atom. The van der Waals surface area contributed by atoms with Crippen molar-refractivity contribution in [2.75, 3.05) is 0 Å². The van der Waals surface area contributed by atoms with Crippen LogP contribution in [0.3, 0.4) is 0 Å². The van der Waals surface area contributed by atoms with Crippen LogP contribution in [0, 0.1) is 23.7 Å². The molecule has 4 bridgehead atoms. The Bertz CT molecular complexity index is 612. The summed E-state index contributed by atoms with van der Waals surface area (Å²) in [5.41, 5.74) is 1.89. The van der Waals surface area contributed by atoms with Crippen molar-refractivity contribution in [3.05, 3.63) is 30.2 Å². The van der Waals surface area contributed by atoms with Gasteiger partial charge in [0.1, 0.15) is 0 Å². The van der Waals surface area contributed by atoms with Crippen molar-refractivity contribution in [2.45, 2.75) is 44.1 Å². The first-order chi connectivity index (χ1) is 9.32. The molecule has 20 heavy (non-hydrogen) atoms. The van der Waals surface area contributed by atoms with Crippen LogP contribution < -0.4 is 18.9 Å². The summed E-state index contributed by atoms with van der Waals surface area (Å²) in [4.78, 5) is 0. The standard InChI is InChI=1S/C17H19NP.Li/c1-2-4-16-15(3-1)18(11-19-16)17-8-12-5-13(9-17)7-14(6-12)10-17;/h1-4,12-14H,5-10H2;/q-1;+1. The van der Waals surface area contributed by atoms with Gasteiger partial charge in [-0.3, -0.25) is 0 Å². The van der Waals surface area contributed by atoms with Crippen LogP contribution in [0.1, 0.15) is 38.5 Å². The molecular weight excluding hydrogens is 256 g/mol. The van der Waals surface area contributed by atoms with E-state index >= 15 is 0 Å². The third kappa shape index (κ3) is 1.80. The molecule has 4 fully saturated rings. The molecule has 0 spiro atoms. The zero-order valence-corrected chi connectivity index (χ0v) is 13.1. The van der Waals surface area contributed by atoms with E-state index in [2.05, 4.69) is 34.8 Å². The van der Waals surface area contributed by atoms with Crippen molar-refractivity contribution in [1.82, 2.24) is 4.57 Å². The van der Waals surface area contributed by atoms with Crippen LogP contribution in [0.15, 0.2) is 24.3 Å². The van der Waals surface area contributed by atoms with Crippen LogP contribution in [0.4, 0.5) is 0 Å². The van der Waals surface area contributed by atoms with Crippen LogP contribution in [-0.4, -0.2) is 4.57 Å². The molecule has 1 nitrogen and oxygen atoms in total. The van der Waals surface area contributed by atoms with E-state index in [4.69, 9.17) is 0 Å². The first-order valence-electron chi connectivity index (χ1n) is 7.68. The van der Waals surface area contributed by atoms with Crippen molar-refractivity contribution < 1.29 is 18.9 Å². The number of nitrogens with zero attached hydrogens (tertiary/aromatic N) is 1. The molecule has 4 aliphatic carbocycles. The summed E-state index contributed by atoms with van der Waals surface area (Å²) in [6.45, 7) is 0. The summed E-state index contributed by atoms with van der Waals surface area (Å²) in [5.74, 6) is 6.72. The molecule has 2 aromatic rings. The largest absolute Gasteiger partial charge is 1.00 e. The summed E-state index contributed by atoms with van der Waals surface area (Å²) in [6, 6.07) is 8.93. The van der Waals surface area contributed by atoms with Crippen molar-refractivity contribution in [3.63, 3.8) is 0 Å². The molecule has 0 amide bonds. The molecule has 0 unspecified atom stereocenters. The first-order valence-corrected chi connectivity index (χ1v) is 8.57. The van der Waals surface area contributed by atoms with Gasteiger partial charge >= 0.3 is 18.9 Å². The quantitative estimate of drug-likeness (QED) is 0.554.